The van der Waals surface area contributed by atoms with Crippen molar-refractivity contribution in [1.82, 2.24) is 0 Å². The monoisotopic (exact) mass is 465 g/mol. The van der Waals surface area contributed by atoms with Gasteiger partial charge >= 0.3 is 0 Å². The average molecular weight is 466 g/mol. The lowest BCUT2D eigenvalue weighted by Gasteiger charge is -2.10. The maximum atomic E-state index is 6.67. The summed E-state index contributed by atoms with van der Waals surface area (Å²) in [5.74, 6) is 0. The van der Waals surface area contributed by atoms with Crippen molar-refractivity contribution in [2.45, 2.75) is 28.5 Å². The predicted octanol–water partition coefficient (Wildman–Crippen LogP) is 9.07. The molecule has 4 heteroatoms. The zero-order valence-electron chi connectivity index (χ0n) is 16.6. The van der Waals surface area contributed by atoms with Crippen LogP contribution in [0.2, 0.25) is 10.0 Å². The quantitative estimate of drug-likeness (QED) is 0.233. The Bertz CT molecular complexity index is 1320. The number of aryl methyl sites for hydroxylation is 2. The fourth-order valence-corrected chi connectivity index (χ4v) is 7.72. The van der Waals surface area contributed by atoms with Crippen molar-refractivity contribution >= 4 is 65.6 Å². The summed E-state index contributed by atoms with van der Waals surface area (Å²) in [5, 5.41) is 3.85. The van der Waals surface area contributed by atoms with Gasteiger partial charge in [-0.15, -0.1) is 11.3 Å². The van der Waals surface area contributed by atoms with Gasteiger partial charge in [0.15, 0.2) is 14.7 Å². The Kier molecular flexibility index (Phi) is 5.28. The van der Waals surface area contributed by atoms with Crippen LogP contribution in [-0.2, 0) is 10.9 Å². The summed E-state index contributed by atoms with van der Waals surface area (Å²) < 4.78 is 2.51. The summed E-state index contributed by atoms with van der Waals surface area (Å²) >= 11 is 14.8. The minimum absolute atomic E-state index is 0.255. The Morgan fingerprint density at radius 1 is 0.633 bits per heavy atom. The number of halogens is 2. The van der Waals surface area contributed by atoms with Gasteiger partial charge in [-0.3, -0.25) is 0 Å². The van der Waals surface area contributed by atoms with Gasteiger partial charge in [0.25, 0.3) is 0 Å². The van der Waals surface area contributed by atoms with E-state index in [9.17, 15) is 0 Å². The molecular weight excluding hydrogens is 447 g/mol. The van der Waals surface area contributed by atoms with Crippen LogP contribution in [0.4, 0.5) is 0 Å². The Morgan fingerprint density at radius 2 is 1.20 bits per heavy atom. The minimum atomic E-state index is -0.255. The molecule has 5 rings (SSSR count). The van der Waals surface area contributed by atoms with Crippen LogP contribution >= 0.6 is 34.5 Å². The summed E-state index contributed by atoms with van der Waals surface area (Å²) in [7, 11) is -0.255. The normalized spacial score (nSPS) is 11.6. The van der Waals surface area contributed by atoms with Gasteiger partial charge < -0.3 is 0 Å². The molecule has 0 saturated heterocycles. The molecule has 148 valence electrons. The van der Waals surface area contributed by atoms with Gasteiger partial charge in [0.1, 0.15) is 10.9 Å². The van der Waals surface area contributed by atoms with Crippen molar-refractivity contribution in [1.29, 1.82) is 0 Å². The number of benzene rings is 4. The summed E-state index contributed by atoms with van der Waals surface area (Å²) in [6.45, 7) is 4.25. The van der Waals surface area contributed by atoms with Crippen molar-refractivity contribution < 1.29 is 0 Å². The molecule has 0 aliphatic heterocycles. The van der Waals surface area contributed by atoms with E-state index in [2.05, 4.69) is 80.6 Å². The van der Waals surface area contributed by atoms with Gasteiger partial charge in [0.05, 0.1) is 4.70 Å². The molecule has 0 atom stereocenters. The first-order valence-electron chi connectivity index (χ1n) is 9.68. The second kappa shape index (κ2) is 7.94. The second-order valence-electron chi connectivity index (χ2n) is 7.46. The van der Waals surface area contributed by atoms with Crippen LogP contribution in [0.15, 0.2) is 93.5 Å². The van der Waals surface area contributed by atoms with Crippen LogP contribution in [0.1, 0.15) is 11.1 Å². The van der Waals surface area contributed by atoms with Crippen LogP contribution in [0.5, 0.6) is 0 Å². The van der Waals surface area contributed by atoms with Gasteiger partial charge in [-0.25, -0.2) is 0 Å². The molecule has 0 amide bonds. The van der Waals surface area contributed by atoms with Gasteiger partial charge in [0, 0.05) is 31.6 Å². The first-order valence-corrected chi connectivity index (χ1v) is 12.5. The molecule has 1 aromatic heterocycles. The average Bonchev–Trinajstić information content (AvgIpc) is 3.09. The molecule has 30 heavy (non-hydrogen) atoms. The molecule has 1 heterocycles. The van der Waals surface area contributed by atoms with Gasteiger partial charge in [-0.05, 0) is 62.4 Å². The van der Waals surface area contributed by atoms with Crippen LogP contribution < -0.4 is 0 Å². The first-order chi connectivity index (χ1) is 14.5. The lowest BCUT2D eigenvalue weighted by atomic mass is 10.1. The third-order valence-electron chi connectivity index (χ3n) is 5.20. The van der Waals surface area contributed by atoms with Gasteiger partial charge in [-0.2, -0.15) is 0 Å². The number of rotatable bonds is 3. The van der Waals surface area contributed by atoms with Crippen molar-refractivity contribution in [2.24, 2.45) is 0 Å². The molecule has 0 N–H and O–H groups in total. The highest BCUT2D eigenvalue weighted by Crippen LogP contribution is 2.44. The Hall–Kier alpha value is -1.97. The van der Waals surface area contributed by atoms with Crippen molar-refractivity contribution in [2.75, 3.05) is 0 Å². The highest BCUT2D eigenvalue weighted by Gasteiger charge is 2.32. The molecule has 0 spiro atoms. The van der Waals surface area contributed by atoms with Crippen molar-refractivity contribution in [3.8, 4) is 0 Å². The summed E-state index contributed by atoms with van der Waals surface area (Å²) in [4.78, 5) is 3.86. The third kappa shape index (κ3) is 3.63. The maximum absolute atomic E-state index is 6.67. The summed E-state index contributed by atoms with van der Waals surface area (Å²) in [5.41, 5.74) is 2.53. The SMILES string of the molecule is Cc1ccc([S+](c2ccc(C)cc2)c2cc(Cl)cc3c2sc2ccc(Cl)cc23)cc1. The summed E-state index contributed by atoms with van der Waals surface area (Å²) in [6, 6.07) is 28.1. The van der Waals surface area contributed by atoms with E-state index in [0.29, 0.717) is 0 Å². The van der Waals surface area contributed by atoms with E-state index in [0.717, 1.165) is 10.0 Å². The lowest BCUT2D eigenvalue weighted by molar-refractivity contribution is 1.30. The standard InChI is InChI=1S/C26H19Cl2S2/c1-16-3-8-20(9-4-16)30(21-10-5-17(2)6-11-21)25-15-19(28)14-23-22-13-18(27)7-12-24(22)29-26(23)25/h3-15H,1-2H3/q+1. The van der Waals surface area contributed by atoms with E-state index in [1.54, 1.807) is 0 Å². The third-order valence-corrected chi connectivity index (χ3v) is 9.25. The van der Waals surface area contributed by atoms with E-state index in [1.165, 1.54) is 46.0 Å². The molecule has 0 aliphatic rings. The highest BCUT2D eigenvalue weighted by atomic mass is 35.5. The molecule has 0 saturated carbocycles. The summed E-state index contributed by atoms with van der Waals surface area (Å²) in [6.07, 6.45) is 0. The van der Waals surface area contributed by atoms with E-state index < -0.39 is 0 Å². The fourth-order valence-electron chi connectivity index (χ4n) is 3.68. The molecule has 0 aliphatic carbocycles. The fraction of sp³-hybridized carbons (Fsp3) is 0.0769. The molecule has 5 aromatic rings. The Balaban J connectivity index is 1.83. The molecule has 0 bridgehead atoms. The molecule has 0 fully saturated rings. The van der Waals surface area contributed by atoms with Crippen molar-refractivity contribution in [3.05, 3.63) is 100 Å². The van der Waals surface area contributed by atoms with E-state index in [1.807, 2.05) is 23.5 Å². The number of hydrogen-bond acceptors (Lipinski definition) is 1. The number of hydrogen-bond donors (Lipinski definition) is 0. The van der Waals surface area contributed by atoms with Crippen molar-refractivity contribution in [3.63, 3.8) is 0 Å². The molecule has 0 radical (unpaired) electrons. The predicted molar refractivity (Wildman–Crippen MR) is 134 cm³/mol. The first kappa shape index (κ1) is 20.0. The largest absolute Gasteiger partial charge is 0.185 e. The number of thiophene rings is 1. The van der Waals surface area contributed by atoms with E-state index >= 15 is 0 Å². The number of fused-ring (bicyclic) bond motifs is 3. The zero-order chi connectivity index (χ0) is 20.8. The maximum Gasteiger partial charge on any atom is 0.185 e. The zero-order valence-corrected chi connectivity index (χ0v) is 19.7. The lowest BCUT2D eigenvalue weighted by Crippen LogP contribution is -2.05. The van der Waals surface area contributed by atoms with E-state index in [4.69, 9.17) is 23.2 Å². The van der Waals surface area contributed by atoms with Gasteiger partial charge in [0.2, 0.25) is 0 Å². The Morgan fingerprint density at radius 3 is 1.80 bits per heavy atom. The smallest absolute Gasteiger partial charge is 0.130 e. The highest BCUT2D eigenvalue weighted by molar-refractivity contribution is 7.97. The Labute approximate surface area is 193 Å². The van der Waals surface area contributed by atoms with E-state index in [-0.39, 0.29) is 10.9 Å². The van der Waals surface area contributed by atoms with Crippen LogP contribution in [0.25, 0.3) is 20.2 Å². The van der Waals surface area contributed by atoms with Crippen LogP contribution in [-0.4, -0.2) is 0 Å². The van der Waals surface area contributed by atoms with Gasteiger partial charge in [-0.1, -0.05) is 58.6 Å². The topological polar surface area (TPSA) is 0 Å². The molecule has 0 nitrogen and oxygen atoms in total. The minimum Gasteiger partial charge on any atom is -0.130 e. The van der Waals surface area contributed by atoms with Crippen LogP contribution in [0.3, 0.4) is 0 Å². The molecule has 0 unspecified atom stereocenters. The van der Waals surface area contributed by atoms with Crippen LogP contribution in [0, 0.1) is 13.8 Å². The molecule has 4 aromatic carbocycles. The molecular formula is C26H19Cl2S2+. The second-order valence-corrected chi connectivity index (χ2v) is 11.4.